The van der Waals surface area contributed by atoms with Crippen LogP contribution in [0.5, 0.6) is 5.75 Å². The highest BCUT2D eigenvalue weighted by atomic mass is 35.5. The Morgan fingerprint density at radius 2 is 1.74 bits per heavy atom. The van der Waals surface area contributed by atoms with E-state index in [4.69, 9.17) is 16.3 Å². The average molecular weight is 501 g/mol. The Morgan fingerprint density at radius 1 is 1.03 bits per heavy atom. The number of hydrogen-bond donors (Lipinski definition) is 1. The van der Waals surface area contributed by atoms with Gasteiger partial charge in [0.15, 0.2) is 0 Å². The van der Waals surface area contributed by atoms with E-state index in [9.17, 15) is 13.2 Å². The number of ether oxygens (including phenoxy) is 1. The molecule has 34 heavy (non-hydrogen) atoms. The first-order valence-electron chi connectivity index (χ1n) is 10.9. The number of sulfonamides is 1. The molecule has 0 heterocycles. The molecule has 6 nitrogen and oxygen atoms in total. The van der Waals surface area contributed by atoms with Gasteiger partial charge in [-0.05, 0) is 67.3 Å². The molecule has 0 spiro atoms. The third kappa shape index (κ3) is 5.72. The number of carbonyl (C=O) groups excluding carboxylic acids is 1. The number of hydrogen-bond acceptors (Lipinski definition) is 4. The third-order valence-electron chi connectivity index (χ3n) is 5.72. The molecule has 3 aromatic rings. The summed E-state index contributed by atoms with van der Waals surface area (Å²) in [5.74, 6) is -0.00996. The molecule has 1 N–H and O–H groups in total. The molecule has 1 unspecified atom stereocenters. The molecule has 0 aliphatic carbocycles. The lowest BCUT2D eigenvalue weighted by atomic mass is 9.99. The van der Waals surface area contributed by atoms with Crippen LogP contribution < -0.4 is 14.4 Å². The van der Waals surface area contributed by atoms with Crippen LogP contribution in [0.15, 0.2) is 71.6 Å². The van der Waals surface area contributed by atoms with Crippen molar-refractivity contribution in [2.75, 3.05) is 18.0 Å². The molecule has 1 atom stereocenters. The lowest BCUT2D eigenvalue weighted by molar-refractivity contribution is -0.120. The fourth-order valence-corrected chi connectivity index (χ4v) is 5.30. The van der Waals surface area contributed by atoms with E-state index in [1.807, 2.05) is 39.0 Å². The van der Waals surface area contributed by atoms with Crippen LogP contribution in [0, 0.1) is 13.8 Å². The van der Waals surface area contributed by atoms with E-state index in [2.05, 4.69) is 5.32 Å². The number of nitrogens with one attached hydrogen (secondary N) is 1. The van der Waals surface area contributed by atoms with E-state index < -0.39 is 22.5 Å². The first kappa shape index (κ1) is 25.6. The van der Waals surface area contributed by atoms with Crippen LogP contribution in [-0.4, -0.2) is 28.0 Å². The summed E-state index contributed by atoms with van der Waals surface area (Å²) < 4.78 is 33.3. The van der Waals surface area contributed by atoms with Crippen molar-refractivity contribution in [2.24, 2.45) is 0 Å². The second-order valence-electron chi connectivity index (χ2n) is 8.02. The summed E-state index contributed by atoms with van der Waals surface area (Å²) in [5.41, 5.74) is 3.54. The zero-order valence-corrected chi connectivity index (χ0v) is 21.3. The molecule has 0 bridgehead atoms. The summed E-state index contributed by atoms with van der Waals surface area (Å²) in [6, 6.07) is 18.4. The van der Waals surface area contributed by atoms with Crippen LogP contribution in [0.25, 0.3) is 0 Å². The minimum Gasteiger partial charge on any atom is -0.495 e. The Balaban J connectivity index is 1.94. The summed E-state index contributed by atoms with van der Waals surface area (Å²) in [4.78, 5) is 13.2. The predicted molar refractivity (Wildman–Crippen MR) is 136 cm³/mol. The van der Waals surface area contributed by atoms with Crippen molar-refractivity contribution in [3.63, 3.8) is 0 Å². The van der Waals surface area contributed by atoms with E-state index in [-0.39, 0.29) is 21.6 Å². The number of methoxy groups -OCH3 is 1. The molecule has 1 amide bonds. The summed E-state index contributed by atoms with van der Waals surface area (Å²) >= 11 is 6.27. The maximum Gasteiger partial charge on any atom is 0.264 e. The number of anilines is 1. The van der Waals surface area contributed by atoms with Crippen LogP contribution in [0.3, 0.4) is 0 Å². The Morgan fingerprint density at radius 3 is 2.32 bits per heavy atom. The predicted octanol–water partition coefficient (Wildman–Crippen LogP) is 5.43. The van der Waals surface area contributed by atoms with Gasteiger partial charge < -0.3 is 10.1 Å². The molecule has 0 aliphatic heterocycles. The van der Waals surface area contributed by atoms with Crippen LogP contribution >= 0.6 is 11.6 Å². The number of carbonyl (C=O) groups is 1. The van der Waals surface area contributed by atoms with Crippen LogP contribution in [0.2, 0.25) is 5.02 Å². The second kappa shape index (κ2) is 10.9. The standard InChI is InChI=1S/C26H29ClN2O4S/c1-5-24(20-12-11-18(2)19(3)15-20)28-26(30)17-29(21-13-14-25(33-4)23(27)16-21)34(31,32)22-9-7-6-8-10-22/h6-16,24H,5,17H2,1-4H3,(H,28,30). The number of halogens is 1. The van der Waals surface area contributed by atoms with Gasteiger partial charge in [-0.2, -0.15) is 0 Å². The first-order chi connectivity index (χ1) is 16.2. The van der Waals surface area contributed by atoms with E-state index >= 15 is 0 Å². The molecular weight excluding hydrogens is 472 g/mol. The first-order valence-corrected chi connectivity index (χ1v) is 12.8. The molecule has 0 saturated carbocycles. The summed E-state index contributed by atoms with van der Waals surface area (Å²) in [6.45, 7) is 5.63. The van der Waals surface area contributed by atoms with Gasteiger partial charge in [0.05, 0.1) is 28.8 Å². The Hall–Kier alpha value is -3.03. The van der Waals surface area contributed by atoms with Gasteiger partial charge in [0.2, 0.25) is 5.91 Å². The summed E-state index contributed by atoms with van der Waals surface area (Å²) in [7, 11) is -2.56. The average Bonchev–Trinajstić information content (AvgIpc) is 2.83. The maximum absolute atomic E-state index is 13.5. The Labute approximate surface area is 206 Å². The molecule has 3 aromatic carbocycles. The largest absolute Gasteiger partial charge is 0.495 e. The lowest BCUT2D eigenvalue weighted by Gasteiger charge is -2.26. The third-order valence-corrected chi connectivity index (χ3v) is 7.80. The minimum atomic E-state index is -4.03. The van der Waals surface area contributed by atoms with Gasteiger partial charge in [0.1, 0.15) is 12.3 Å². The summed E-state index contributed by atoms with van der Waals surface area (Å²) in [6.07, 6.45) is 0.661. The number of nitrogens with zero attached hydrogens (tertiary/aromatic N) is 1. The van der Waals surface area contributed by atoms with Gasteiger partial charge in [-0.15, -0.1) is 0 Å². The minimum absolute atomic E-state index is 0.0796. The van der Waals surface area contributed by atoms with Crippen molar-refractivity contribution in [2.45, 2.75) is 38.1 Å². The van der Waals surface area contributed by atoms with Crippen molar-refractivity contribution in [1.82, 2.24) is 5.32 Å². The fourth-order valence-electron chi connectivity index (χ4n) is 3.62. The normalized spacial score (nSPS) is 12.1. The molecule has 0 fully saturated rings. The smallest absolute Gasteiger partial charge is 0.264 e. The maximum atomic E-state index is 13.5. The quantitative estimate of drug-likeness (QED) is 0.425. The topological polar surface area (TPSA) is 75.7 Å². The SMILES string of the molecule is CCC(NC(=O)CN(c1ccc(OC)c(Cl)c1)S(=O)(=O)c1ccccc1)c1ccc(C)c(C)c1. The number of benzene rings is 3. The summed E-state index contributed by atoms with van der Waals surface area (Å²) in [5, 5.41) is 3.23. The van der Waals surface area contributed by atoms with Crippen molar-refractivity contribution >= 4 is 33.2 Å². The van der Waals surface area contributed by atoms with Crippen molar-refractivity contribution < 1.29 is 17.9 Å². The van der Waals surface area contributed by atoms with Gasteiger partial charge >= 0.3 is 0 Å². The molecule has 8 heteroatoms. The number of aryl methyl sites for hydroxylation is 2. The van der Waals surface area contributed by atoms with Crippen LogP contribution in [0.1, 0.15) is 36.1 Å². The van der Waals surface area contributed by atoms with Crippen LogP contribution in [0.4, 0.5) is 5.69 Å². The molecule has 3 rings (SSSR count). The van der Waals surface area contributed by atoms with E-state index in [0.717, 1.165) is 15.4 Å². The Bertz CT molecular complexity index is 1260. The van der Waals surface area contributed by atoms with E-state index in [1.165, 1.54) is 30.9 Å². The van der Waals surface area contributed by atoms with Gasteiger partial charge in [-0.1, -0.05) is 54.9 Å². The zero-order valence-electron chi connectivity index (χ0n) is 19.7. The van der Waals surface area contributed by atoms with Crippen molar-refractivity contribution in [1.29, 1.82) is 0 Å². The van der Waals surface area contributed by atoms with Crippen molar-refractivity contribution in [3.8, 4) is 5.75 Å². The van der Waals surface area contributed by atoms with Crippen LogP contribution in [-0.2, 0) is 14.8 Å². The van der Waals surface area contributed by atoms with Gasteiger partial charge in [-0.3, -0.25) is 9.10 Å². The fraction of sp³-hybridized carbons (Fsp3) is 0.269. The van der Waals surface area contributed by atoms with Gasteiger partial charge in [-0.25, -0.2) is 8.42 Å². The molecule has 0 aliphatic rings. The molecule has 0 saturated heterocycles. The highest BCUT2D eigenvalue weighted by Crippen LogP contribution is 2.32. The molecule has 0 radical (unpaired) electrons. The molecule has 180 valence electrons. The molecular formula is C26H29ClN2O4S. The van der Waals surface area contributed by atoms with Crippen molar-refractivity contribution in [3.05, 3.63) is 88.4 Å². The molecule has 0 aromatic heterocycles. The monoisotopic (exact) mass is 500 g/mol. The number of rotatable bonds is 9. The van der Waals surface area contributed by atoms with Gasteiger partial charge in [0.25, 0.3) is 10.0 Å². The van der Waals surface area contributed by atoms with E-state index in [0.29, 0.717) is 12.2 Å². The second-order valence-corrected chi connectivity index (χ2v) is 10.3. The lowest BCUT2D eigenvalue weighted by Crippen LogP contribution is -2.42. The zero-order chi connectivity index (χ0) is 24.9. The highest BCUT2D eigenvalue weighted by Gasteiger charge is 2.28. The van der Waals surface area contributed by atoms with Gasteiger partial charge in [0, 0.05) is 0 Å². The highest BCUT2D eigenvalue weighted by molar-refractivity contribution is 7.92. The van der Waals surface area contributed by atoms with E-state index in [1.54, 1.807) is 30.3 Å². The Kier molecular flexibility index (Phi) is 8.23. The number of amides is 1.